The fourth-order valence-electron chi connectivity index (χ4n) is 3.44. The summed E-state index contributed by atoms with van der Waals surface area (Å²) in [6, 6.07) is 7.37. The van der Waals surface area contributed by atoms with Crippen LogP contribution in [0.15, 0.2) is 24.3 Å². The average molecular weight is 693 g/mol. The van der Waals surface area contributed by atoms with E-state index in [4.69, 9.17) is 62.6 Å². The molecule has 15 heteroatoms. The molecule has 0 aliphatic carbocycles. The van der Waals surface area contributed by atoms with Gasteiger partial charge in [-0.3, -0.25) is 0 Å². The number of carbonyl (C=O) groups is 1. The highest BCUT2D eigenvalue weighted by Gasteiger charge is 2.15. The van der Waals surface area contributed by atoms with Crippen LogP contribution in [0.3, 0.4) is 0 Å². The topological polar surface area (TPSA) is 166 Å². The van der Waals surface area contributed by atoms with Crippen LogP contribution in [0.25, 0.3) is 0 Å². The minimum Gasteiger partial charge on any atom is -0.489 e. The van der Waals surface area contributed by atoms with Gasteiger partial charge in [0.05, 0.1) is 138 Å². The second-order valence-electron chi connectivity index (χ2n) is 10.9. The van der Waals surface area contributed by atoms with E-state index in [0.29, 0.717) is 157 Å². The quantitative estimate of drug-likeness (QED) is 0.0798. The lowest BCUT2D eigenvalue weighted by Crippen LogP contribution is -2.34. The highest BCUT2D eigenvalue weighted by Crippen LogP contribution is 2.19. The number of nitrogens with one attached hydrogen (secondary N) is 1. The molecule has 0 radical (unpaired) electrons. The van der Waals surface area contributed by atoms with E-state index in [1.54, 1.807) is 6.07 Å². The van der Waals surface area contributed by atoms with Gasteiger partial charge in [0.25, 0.3) is 0 Å². The first kappa shape index (κ1) is 43.7. The molecular formula is C33H60N2O13. The zero-order valence-electron chi connectivity index (χ0n) is 29.3. The van der Waals surface area contributed by atoms with Gasteiger partial charge < -0.3 is 67.9 Å². The molecule has 280 valence electrons. The molecule has 0 aromatic heterocycles. The maximum Gasteiger partial charge on any atom is 0.407 e. The first-order chi connectivity index (χ1) is 23.4. The van der Waals surface area contributed by atoms with Gasteiger partial charge in [0, 0.05) is 6.54 Å². The van der Waals surface area contributed by atoms with Crippen LogP contribution in [0.2, 0.25) is 0 Å². The molecule has 1 amide bonds. The first-order valence-corrected chi connectivity index (χ1v) is 16.6. The zero-order valence-corrected chi connectivity index (χ0v) is 29.3. The molecule has 0 unspecified atom stereocenters. The van der Waals surface area contributed by atoms with E-state index >= 15 is 0 Å². The predicted octanol–water partition coefficient (Wildman–Crippen LogP) is 2.34. The van der Waals surface area contributed by atoms with E-state index in [-0.39, 0.29) is 0 Å². The van der Waals surface area contributed by atoms with Crippen LogP contribution in [-0.2, 0) is 52.1 Å². The summed E-state index contributed by atoms with van der Waals surface area (Å²) in [5.41, 5.74) is 5.92. The zero-order chi connectivity index (χ0) is 34.8. The van der Waals surface area contributed by atoms with Gasteiger partial charge >= 0.3 is 6.09 Å². The molecule has 0 atom stereocenters. The third-order valence-corrected chi connectivity index (χ3v) is 5.67. The number of nitrogens with two attached hydrogens (primary N) is 1. The Morgan fingerprint density at radius 1 is 0.521 bits per heavy atom. The predicted molar refractivity (Wildman–Crippen MR) is 179 cm³/mol. The van der Waals surface area contributed by atoms with Crippen LogP contribution in [0.1, 0.15) is 20.8 Å². The third-order valence-electron chi connectivity index (χ3n) is 5.67. The lowest BCUT2D eigenvalue weighted by atomic mass is 10.2. The number of rotatable bonds is 34. The van der Waals surface area contributed by atoms with E-state index in [1.165, 1.54) is 0 Å². The van der Waals surface area contributed by atoms with Gasteiger partial charge in [-0.2, -0.15) is 0 Å². The Labute approximate surface area is 286 Å². The molecule has 1 aromatic rings. The SMILES string of the molecule is CC(C)(C)OC(=O)NCCOCCOCCOCCOCCOCCOCCOCCOCCOCCOCCOc1ccccc1N. The molecular weight excluding hydrogens is 632 g/mol. The summed E-state index contributed by atoms with van der Waals surface area (Å²) in [4.78, 5) is 11.5. The van der Waals surface area contributed by atoms with Crippen LogP contribution >= 0.6 is 0 Å². The average Bonchev–Trinajstić information content (AvgIpc) is 3.05. The van der Waals surface area contributed by atoms with Gasteiger partial charge in [-0.05, 0) is 32.9 Å². The Kier molecular flexibility index (Phi) is 29.1. The molecule has 0 heterocycles. The molecule has 0 aliphatic heterocycles. The van der Waals surface area contributed by atoms with Crippen molar-refractivity contribution in [2.24, 2.45) is 0 Å². The van der Waals surface area contributed by atoms with Crippen molar-refractivity contribution in [3.63, 3.8) is 0 Å². The summed E-state index contributed by atoms with van der Waals surface area (Å²) in [6.07, 6.45) is -0.454. The van der Waals surface area contributed by atoms with Gasteiger partial charge in [0.2, 0.25) is 0 Å². The van der Waals surface area contributed by atoms with E-state index in [2.05, 4.69) is 5.32 Å². The van der Waals surface area contributed by atoms with Crippen LogP contribution in [0.5, 0.6) is 5.75 Å². The van der Waals surface area contributed by atoms with Crippen LogP contribution in [0, 0.1) is 0 Å². The summed E-state index contributed by atoms with van der Waals surface area (Å²) < 4.78 is 65.3. The van der Waals surface area contributed by atoms with E-state index in [1.807, 2.05) is 39.0 Å². The number of para-hydroxylation sites is 2. The number of hydrogen-bond acceptors (Lipinski definition) is 14. The van der Waals surface area contributed by atoms with Crippen molar-refractivity contribution in [3.05, 3.63) is 24.3 Å². The highest BCUT2D eigenvalue weighted by molar-refractivity contribution is 5.67. The molecule has 0 aliphatic rings. The highest BCUT2D eigenvalue weighted by atomic mass is 16.6. The van der Waals surface area contributed by atoms with Gasteiger partial charge in [-0.1, -0.05) is 12.1 Å². The standard InChI is InChI=1S/C33H60N2O13/c1-33(2,3)48-32(36)35-8-9-37-10-11-38-12-13-39-14-15-40-16-17-41-18-19-42-20-21-43-22-23-44-24-25-45-26-27-46-28-29-47-31-7-5-4-6-30(31)34/h4-7H,8-29,34H2,1-3H3,(H,35,36). The number of ether oxygens (including phenoxy) is 12. The Balaban J connectivity index is 1.65. The van der Waals surface area contributed by atoms with E-state index in [0.717, 1.165) is 0 Å². The summed E-state index contributed by atoms with van der Waals surface area (Å²) in [5.74, 6) is 0.665. The molecule has 1 aromatic carbocycles. The maximum absolute atomic E-state index is 11.5. The van der Waals surface area contributed by atoms with Crippen molar-refractivity contribution in [2.45, 2.75) is 26.4 Å². The van der Waals surface area contributed by atoms with Crippen molar-refractivity contribution in [1.82, 2.24) is 5.32 Å². The molecule has 0 fully saturated rings. The number of nitrogen functional groups attached to an aromatic ring is 1. The number of amides is 1. The summed E-state index contributed by atoms with van der Waals surface area (Å²) in [5, 5.41) is 2.63. The molecule has 0 saturated carbocycles. The first-order valence-electron chi connectivity index (χ1n) is 16.6. The van der Waals surface area contributed by atoms with Crippen molar-refractivity contribution >= 4 is 11.8 Å². The number of hydrogen-bond donors (Lipinski definition) is 2. The largest absolute Gasteiger partial charge is 0.489 e. The van der Waals surface area contributed by atoms with Crippen LogP contribution in [0.4, 0.5) is 10.5 Å². The minimum atomic E-state index is -0.513. The van der Waals surface area contributed by atoms with Gasteiger partial charge in [0.15, 0.2) is 0 Å². The number of anilines is 1. The smallest absolute Gasteiger partial charge is 0.407 e. The van der Waals surface area contributed by atoms with E-state index < -0.39 is 11.7 Å². The summed E-state index contributed by atoms with van der Waals surface area (Å²) in [7, 11) is 0. The Bertz CT molecular complexity index is 861. The lowest BCUT2D eigenvalue weighted by Gasteiger charge is -2.19. The van der Waals surface area contributed by atoms with Crippen LogP contribution in [-0.4, -0.2) is 157 Å². The number of alkyl carbamates (subject to hydrolysis) is 1. The molecule has 1 rings (SSSR count). The molecule has 0 saturated heterocycles. The van der Waals surface area contributed by atoms with Gasteiger partial charge in [-0.25, -0.2) is 4.79 Å². The molecule has 0 spiro atoms. The minimum absolute atomic E-state index is 0.381. The molecule has 15 nitrogen and oxygen atoms in total. The monoisotopic (exact) mass is 692 g/mol. The Morgan fingerprint density at radius 2 is 0.833 bits per heavy atom. The lowest BCUT2D eigenvalue weighted by molar-refractivity contribution is -0.0266. The summed E-state index contributed by atoms with van der Waals surface area (Å²) in [6.45, 7) is 15.8. The summed E-state index contributed by atoms with van der Waals surface area (Å²) >= 11 is 0. The van der Waals surface area contributed by atoms with Crippen LogP contribution < -0.4 is 15.8 Å². The Hall–Kier alpha value is -2.31. The van der Waals surface area contributed by atoms with Gasteiger partial charge in [0.1, 0.15) is 18.0 Å². The number of carbonyl (C=O) groups excluding carboxylic acids is 1. The van der Waals surface area contributed by atoms with Gasteiger partial charge in [-0.15, -0.1) is 0 Å². The maximum atomic E-state index is 11.5. The van der Waals surface area contributed by atoms with E-state index in [9.17, 15) is 4.79 Å². The second-order valence-corrected chi connectivity index (χ2v) is 10.9. The molecule has 0 bridgehead atoms. The van der Waals surface area contributed by atoms with Crippen molar-refractivity contribution < 1.29 is 61.6 Å². The second kappa shape index (κ2) is 31.9. The Morgan fingerprint density at radius 3 is 1.17 bits per heavy atom. The van der Waals surface area contributed by atoms with Crippen molar-refractivity contribution in [2.75, 3.05) is 151 Å². The fraction of sp³-hybridized carbons (Fsp3) is 0.788. The van der Waals surface area contributed by atoms with Crippen molar-refractivity contribution in [3.8, 4) is 5.75 Å². The molecule has 3 N–H and O–H groups in total. The fourth-order valence-corrected chi connectivity index (χ4v) is 3.44. The normalized spacial score (nSPS) is 11.6. The molecule has 48 heavy (non-hydrogen) atoms. The van der Waals surface area contributed by atoms with Crippen molar-refractivity contribution in [1.29, 1.82) is 0 Å². The number of benzene rings is 1. The third kappa shape index (κ3) is 31.0.